The molecule has 1 unspecified atom stereocenters. The first kappa shape index (κ1) is 21.5. The summed E-state index contributed by atoms with van der Waals surface area (Å²) in [5.41, 5.74) is 0. The van der Waals surface area contributed by atoms with E-state index in [1.54, 1.807) is 13.8 Å². The molecule has 0 saturated carbocycles. The number of carbonyl (C=O) groups excluding carboxylic acids is 3. The largest absolute Gasteiger partial charge is 0.481 e. The SMILES string of the molecule is CC(C)[C@H](NC(=O)CCC(=O)O)C(=O)NC(CC(=O)O)C(=O)CF. The van der Waals surface area contributed by atoms with E-state index in [1.807, 2.05) is 0 Å². The first-order valence-corrected chi connectivity index (χ1v) is 7.20. The van der Waals surface area contributed by atoms with Gasteiger partial charge in [-0.2, -0.15) is 0 Å². The van der Waals surface area contributed by atoms with Crippen LogP contribution in [0.25, 0.3) is 0 Å². The Hall–Kier alpha value is -2.52. The van der Waals surface area contributed by atoms with E-state index in [1.165, 1.54) is 0 Å². The lowest BCUT2D eigenvalue weighted by Gasteiger charge is -2.24. The number of alkyl halides is 1. The van der Waals surface area contributed by atoms with Crippen LogP contribution in [0.15, 0.2) is 0 Å². The third-order valence-corrected chi connectivity index (χ3v) is 3.05. The fourth-order valence-electron chi connectivity index (χ4n) is 1.78. The maximum Gasteiger partial charge on any atom is 0.305 e. The first-order valence-electron chi connectivity index (χ1n) is 7.20. The normalized spacial score (nSPS) is 13.0. The van der Waals surface area contributed by atoms with Gasteiger partial charge < -0.3 is 20.8 Å². The second kappa shape index (κ2) is 10.3. The van der Waals surface area contributed by atoms with Crippen molar-refractivity contribution >= 4 is 29.5 Å². The summed E-state index contributed by atoms with van der Waals surface area (Å²) in [6.45, 7) is 1.74. The molecule has 0 fully saturated rings. The van der Waals surface area contributed by atoms with Gasteiger partial charge in [0.25, 0.3) is 0 Å². The summed E-state index contributed by atoms with van der Waals surface area (Å²) in [4.78, 5) is 56.3. The van der Waals surface area contributed by atoms with Crippen molar-refractivity contribution in [2.24, 2.45) is 5.92 Å². The third kappa shape index (κ3) is 8.20. The monoisotopic (exact) mass is 348 g/mol. The molecule has 0 rings (SSSR count). The van der Waals surface area contributed by atoms with Crippen LogP contribution < -0.4 is 10.6 Å². The summed E-state index contributed by atoms with van der Waals surface area (Å²) in [7, 11) is 0. The van der Waals surface area contributed by atoms with Crippen molar-refractivity contribution in [1.29, 1.82) is 0 Å². The summed E-state index contributed by atoms with van der Waals surface area (Å²) >= 11 is 0. The highest BCUT2D eigenvalue weighted by atomic mass is 19.1. The number of ketones is 1. The third-order valence-electron chi connectivity index (χ3n) is 3.05. The van der Waals surface area contributed by atoms with Crippen LogP contribution >= 0.6 is 0 Å². The summed E-state index contributed by atoms with van der Waals surface area (Å²) in [5, 5.41) is 21.7. The van der Waals surface area contributed by atoms with Crippen molar-refractivity contribution in [3.63, 3.8) is 0 Å². The topological polar surface area (TPSA) is 150 Å². The Morgan fingerprint density at radius 1 is 0.958 bits per heavy atom. The lowest BCUT2D eigenvalue weighted by molar-refractivity contribution is -0.141. The van der Waals surface area contributed by atoms with Crippen molar-refractivity contribution in [1.82, 2.24) is 10.6 Å². The van der Waals surface area contributed by atoms with Gasteiger partial charge in [0.1, 0.15) is 18.8 Å². The number of aliphatic carboxylic acids is 2. The number of hydrogen-bond acceptors (Lipinski definition) is 5. The summed E-state index contributed by atoms with van der Waals surface area (Å²) in [6, 6.07) is -2.66. The van der Waals surface area contributed by atoms with E-state index in [4.69, 9.17) is 10.2 Å². The van der Waals surface area contributed by atoms with Gasteiger partial charge in [-0.1, -0.05) is 13.8 Å². The highest BCUT2D eigenvalue weighted by Crippen LogP contribution is 2.05. The maximum atomic E-state index is 12.5. The van der Waals surface area contributed by atoms with Crippen LogP contribution in [0.4, 0.5) is 4.39 Å². The quantitative estimate of drug-likeness (QED) is 0.393. The molecule has 24 heavy (non-hydrogen) atoms. The van der Waals surface area contributed by atoms with Gasteiger partial charge >= 0.3 is 11.9 Å². The Balaban J connectivity index is 4.93. The second-order valence-corrected chi connectivity index (χ2v) is 5.44. The number of halogens is 1. The van der Waals surface area contributed by atoms with Crippen molar-refractivity contribution in [3.05, 3.63) is 0 Å². The Kier molecular flexibility index (Phi) is 9.21. The number of Topliss-reactive ketones (excluding diaryl/α,β-unsaturated/α-hetero) is 1. The molecule has 0 heterocycles. The lowest BCUT2D eigenvalue weighted by atomic mass is 10.0. The van der Waals surface area contributed by atoms with Crippen LogP contribution in [0.5, 0.6) is 0 Å². The van der Waals surface area contributed by atoms with Crippen molar-refractivity contribution in [2.45, 2.75) is 45.2 Å². The molecule has 0 aromatic rings. The minimum Gasteiger partial charge on any atom is -0.481 e. The van der Waals surface area contributed by atoms with Crippen LogP contribution in [-0.4, -0.2) is 58.5 Å². The minimum absolute atomic E-state index is 0.339. The second-order valence-electron chi connectivity index (χ2n) is 5.44. The van der Waals surface area contributed by atoms with Gasteiger partial charge in [0.05, 0.1) is 12.8 Å². The molecule has 0 saturated heterocycles. The number of carboxylic acids is 2. The molecule has 136 valence electrons. The van der Waals surface area contributed by atoms with Crippen molar-refractivity contribution in [3.8, 4) is 0 Å². The molecule has 0 aromatic heterocycles. The Morgan fingerprint density at radius 3 is 1.96 bits per heavy atom. The summed E-state index contributed by atoms with van der Waals surface area (Å²) in [6.07, 6.45) is -1.54. The van der Waals surface area contributed by atoms with E-state index >= 15 is 0 Å². The minimum atomic E-state index is -1.54. The number of carbonyl (C=O) groups is 5. The van der Waals surface area contributed by atoms with Crippen LogP contribution in [0.2, 0.25) is 0 Å². The molecule has 4 N–H and O–H groups in total. The number of hydrogen-bond donors (Lipinski definition) is 4. The molecular weight excluding hydrogens is 327 g/mol. The van der Waals surface area contributed by atoms with Gasteiger partial charge in [0.15, 0.2) is 5.78 Å². The van der Waals surface area contributed by atoms with E-state index < -0.39 is 67.1 Å². The number of amides is 2. The molecule has 0 bridgehead atoms. The molecular formula is C14H21FN2O7. The highest BCUT2D eigenvalue weighted by Gasteiger charge is 2.29. The van der Waals surface area contributed by atoms with Crippen molar-refractivity contribution in [2.75, 3.05) is 6.67 Å². The van der Waals surface area contributed by atoms with Gasteiger partial charge in [-0.25, -0.2) is 4.39 Å². The molecule has 10 heteroatoms. The van der Waals surface area contributed by atoms with Crippen LogP contribution in [0.3, 0.4) is 0 Å². The summed E-state index contributed by atoms with van der Waals surface area (Å²) < 4.78 is 12.5. The predicted molar refractivity (Wildman–Crippen MR) is 78.8 cm³/mol. The van der Waals surface area contributed by atoms with Gasteiger partial charge in [-0.05, 0) is 5.92 Å². The van der Waals surface area contributed by atoms with Crippen LogP contribution in [0.1, 0.15) is 33.1 Å². The zero-order valence-electron chi connectivity index (χ0n) is 13.4. The Labute approximate surface area is 137 Å². The number of carboxylic acid groups (broad SMARTS) is 2. The smallest absolute Gasteiger partial charge is 0.305 e. The van der Waals surface area contributed by atoms with Gasteiger partial charge in [0, 0.05) is 6.42 Å². The van der Waals surface area contributed by atoms with E-state index in [2.05, 4.69) is 10.6 Å². The molecule has 0 aliphatic carbocycles. The Morgan fingerprint density at radius 2 is 1.54 bits per heavy atom. The van der Waals surface area contributed by atoms with Crippen molar-refractivity contribution < 1.29 is 38.6 Å². The molecule has 0 aliphatic rings. The Bertz CT molecular complexity index is 507. The first-order chi connectivity index (χ1) is 11.1. The van der Waals surface area contributed by atoms with Gasteiger partial charge in [0.2, 0.25) is 11.8 Å². The lowest BCUT2D eigenvalue weighted by Crippen LogP contribution is -2.54. The molecule has 0 aliphatic heterocycles. The van der Waals surface area contributed by atoms with Gasteiger partial charge in [-0.3, -0.25) is 24.0 Å². The fraction of sp³-hybridized carbons (Fsp3) is 0.643. The number of rotatable bonds is 11. The standard InChI is InChI=1S/C14H21FN2O7/c1-7(2)13(17-10(19)3-4-11(20)21)14(24)16-8(5-12(22)23)9(18)6-15/h7-8,13H,3-6H2,1-2H3,(H,16,24)(H,17,19)(H,20,21)(H,22,23)/t8?,13-/m0/s1. The number of nitrogens with one attached hydrogen (secondary N) is 2. The van der Waals surface area contributed by atoms with E-state index in [0.29, 0.717) is 0 Å². The maximum absolute atomic E-state index is 12.5. The van der Waals surface area contributed by atoms with E-state index in [0.717, 1.165) is 0 Å². The zero-order chi connectivity index (χ0) is 18.9. The van der Waals surface area contributed by atoms with E-state index in [-0.39, 0.29) is 6.42 Å². The van der Waals surface area contributed by atoms with E-state index in [9.17, 15) is 28.4 Å². The molecule has 0 spiro atoms. The summed E-state index contributed by atoms with van der Waals surface area (Å²) in [5.74, 6) is -5.62. The predicted octanol–water partition coefficient (Wildman–Crippen LogP) is -0.510. The fourth-order valence-corrected chi connectivity index (χ4v) is 1.78. The molecule has 0 aromatic carbocycles. The zero-order valence-corrected chi connectivity index (χ0v) is 13.4. The highest BCUT2D eigenvalue weighted by molar-refractivity contribution is 5.95. The molecule has 2 atom stereocenters. The van der Waals surface area contributed by atoms with Gasteiger partial charge in [-0.15, -0.1) is 0 Å². The molecule has 0 radical (unpaired) electrons. The van der Waals surface area contributed by atoms with Crippen LogP contribution in [0, 0.1) is 5.92 Å². The van der Waals surface area contributed by atoms with Crippen LogP contribution in [-0.2, 0) is 24.0 Å². The average Bonchev–Trinajstić information content (AvgIpc) is 2.48. The average molecular weight is 348 g/mol. The molecule has 2 amide bonds. The molecule has 9 nitrogen and oxygen atoms in total.